The largest absolute Gasteiger partial charge is 0.355 e. The van der Waals surface area contributed by atoms with Gasteiger partial charge in [0.15, 0.2) is 0 Å². The van der Waals surface area contributed by atoms with Crippen LogP contribution in [0.1, 0.15) is 13.3 Å². The third-order valence-electron chi connectivity index (χ3n) is 1.00. The molecule has 2 nitrogen and oxygen atoms in total. The van der Waals surface area contributed by atoms with E-state index in [1.165, 1.54) is 4.90 Å². The maximum Gasteiger partial charge on any atom is 0.221 e. The average Bonchev–Trinajstić information content (AvgIpc) is 1.84. The van der Waals surface area contributed by atoms with E-state index in [0.29, 0.717) is 12.9 Å². The zero-order valence-electron chi connectivity index (χ0n) is 5.35. The molecule has 8 heavy (non-hydrogen) atoms. The highest BCUT2D eigenvalue weighted by Gasteiger charge is 1.99. The van der Waals surface area contributed by atoms with Gasteiger partial charge in [0.25, 0.3) is 0 Å². The molecule has 3 heteroatoms. The number of amides is 1. The number of rotatable bonds is 2. The highest BCUT2D eigenvalue weighted by molar-refractivity contribution is 6.09. The van der Waals surface area contributed by atoms with Crippen LogP contribution in [0.2, 0.25) is 0 Å². The molecule has 0 heterocycles. The summed E-state index contributed by atoms with van der Waals surface area (Å²) in [7, 11) is 6.84. The van der Waals surface area contributed by atoms with Crippen LogP contribution in [0.4, 0.5) is 0 Å². The molecule has 0 aromatic heterocycles. The summed E-state index contributed by atoms with van der Waals surface area (Å²) < 4.78 is 0. The van der Waals surface area contributed by atoms with Crippen molar-refractivity contribution in [2.24, 2.45) is 0 Å². The molecule has 0 aliphatic heterocycles. The van der Waals surface area contributed by atoms with Gasteiger partial charge in [-0.2, -0.15) is 0 Å². The minimum atomic E-state index is 0.0903. The highest BCUT2D eigenvalue weighted by Crippen LogP contribution is 1.84. The van der Waals surface area contributed by atoms with Crippen LogP contribution in [-0.2, 0) is 4.79 Å². The fourth-order valence-corrected chi connectivity index (χ4v) is 0.372. The van der Waals surface area contributed by atoms with E-state index in [1.54, 1.807) is 7.05 Å². The number of nitrogens with zero attached hydrogens (tertiary/aromatic N) is 1. The fraction of sp³-hybridized carbons (Fsp3) is 0.800. The van der Waals surface area contributed by atoms with Gasteiger partial charge >= 0.3 is 0 Å². The molecular weight excluding hydrogens is 101 g/mol. The van der Waals surface area contributed by atoms with Crippen LogP contribution in [0.15, 0.2) is 0 Å². The summed E-state index contributed by atoms with van der Waals surface area (Å²) >= 11 is 0. The minimum Gasteiger partial charge on any atom is -0.355 e. The third kappa shape index (κ3) is 2.00. The van der Waals surface area contributed by atoms with Gasteiger partial charge in [0.1, 0.15) is 0 Å². The Labute approximate surface area is 51.3 Å². The molecule has 0 bridgehead atoms. The van der Waals surface area contributed by atoms with Crippen molar-refractivity contribution >= 4 is 13.8 Å². The lowest BCUT2D eigenvalue weighted by Crippen LogP contribution is -2.26. The third-order valence-corrected chi connectivity index (χ3v) is 1.00. The molecule has 0 saturated heterocycles. The van der Waals surface area contributed by atoms with Crippen molar-refractivity contribution < 1.29 is 4.79 Å². The molecule has 2 radical (unpaired) electrons. The first-order valence-electron chi connectivity index (χ1n) is 2.66. The number of carbonyl (C=O) groups excluding carboxylic acids is 1. The molecule has 0 aliphatic carbocycles. The quantitative estimate of drug-likeness (QED) is 0.458. The van der Waals surface area contributed by atoms with Crippen LogP contribution < -0.4 is 0 Å². The summed E-state index contributed by atoms with van der Waals surface area (Å²) in [6.07, 6.45) is 0.848. The SMILES string of the molecule is [B]CN(C)C(=O)CC. The molecule has 0 atom stereocenters. The monoisotopic (exact) mass is 111 g/mol. The Kier molecular flexibility index (Phi) is 3.32. The summed E-state index contributed by atoms with van der Waals surface area (Å²) in [5.41, 5.74) is 0. The Morgan fingerprint density at radius 2 is 2.25 bits per heavy atom. The molecule has 0 spiro atoms. The summed E-state index contributed by atoms with van der Waals surface area (Å²) in [5.74, 6) is 0.0903. The van der Waals surface area contributed by atoms with Crippen LogP contribution in [0.25, 0.3) is 0 Å². The lowest BCUT2D eigenvalue weighted by molar-refractivity contribution is -0.128. The lowest BCUT2D eigenvalue weighted by Gasteiger charge is -2.12. The average molecular weight is 111 g/mol. The molecule has 0 fully saturated rings. The van der Waals surface area contributed by atoms with E-state index in [-0.39, 0.29) is 5.91 Å². The van der Waals surface area contributed by atoms with Crippen molar-refractivity contribution in [2.45, 2.75) is 13.3 Å². The van der Waals surface area contributed by atoms with E-state index in [1.807, 2.05) is 6.92 Å². The van der Waals surface area contributed by atoms with Crippen molar-refractivity contribution in [3.05, 3.63) is 0 Å². The first-order valence-corrected chi connectivity index (χ1v) is 2.66. The van der Waals surface area contributed by atoms with Crippen LogP contribution in [0.5, 0.6) is 0 Å². The molecule has 0 saturated carbocycles. The Bertz CT molecular complexity index is 84.5. The van der Waals surface area contributed by atoms with Gasteiger partial charge in [0.05, 0.1) is 7.85 Å². The summed E-state index contributed by atoms with van der Waals surface area (Å²) in [4.78, 5) is 12.1. The van der Waals surface area contributed by atoms with Gasteiger partial charge in [-0.1, -0.05) is 6.92 Å². The van der Waals surface area contributed by atoms with Crippen LogP contribution in [-0.4, -0.2) is 32.1 Å². The molecule has 0 unspecified atom stereocenters. The highest BCUT2D eigenvalue weighted by atomic mass is 16.2. The molecule has 0 aromatic carbocycles. The van der Waals surface area contributed by atoms with E-state index in [2.05, 4.69) is 0 Å². The van der Waals surface area contributed by atoms with Gasteiger partial charge in [0, 0.05) is 13.5 Å². The molecular formula is C5H10BNO. The first kappa shape index (κ1) is 7.53. The summed E-state index contributed by atoms with van der Waals surface area (Å²) in [6, 6.07) is 0. The Morgan fingerprint density at radius 3 is 2.38 bits per heavy atom. The Hall–Kier alpha value is -0.465. The predicted molar refractivity (Wildman–Crippen MR) is 33.7 cm³/mol. The van der Waals surface area contributed by atoms with Crippen LogP contribution >= 0.6 is 0 Å². The zero-order valence-corrected chi connectivity index (χ0v) is 5.35. The van der Waals surface area contributed by atoms with Gasteiger partial charge in [-0.05, 0) is 6.44 Å². The lowest BCUT2D eigenvalue weighted by atomic mass is 10.1. The normalized spacial score (nSPS) is 8.75. The van der Waals surface area contributed by atoms with Gasteiger partial charge in [-0.3, -0.25) is 4.79 Å². The van der Waals surface area contributed by atoms with Crippen molar-refractivity contribution in [1.29, 1.82) is 0 Å². The molecule has 0 N–H and O–H groups in total. The molecule has 1 amide bonds. The molecule has 0 aromatic rings. The van der Waals surface area contributed by atoms with E-state index in [9.17, 15) is 4.79 Å². The smallest absolute Gasteiger partial charge is 0.221 e. The Morgan fingerprint density at radius 1 is 1.75 bits per heavy atom. The zero-order chi connectivity index (χ0) is 6.57. The number of carbonyl (C=O) groups is 1. The standard InChI is InChI=1S/C5H10BNO/c1-3-5(8)7(2)4-6/h3-4H2,1-2H3. The van der Waals surface area contributed by atoms with Crippen LogP contribution in [0.3, 0.4) is 0 Å². The molecule has 44 valence electrons. The second-order valence-corrected chi connectivity index (χ2v) is 1.63. The maximum absolute atomic E-state index is 10.6. The van der Waals surface area contributed by atoms with Gasteiger partial charge in [-0.15, -0.1) is 0 Å². The second kappa shape index (κ2) is 3.53. The van der Waals surface area contributed by atoms with E-state index < -0.39 is 0 Å². The van der Waals surface area contributed by atoms with Crippen molar-refractivity contribution in [3.63, 3.8) is 0 Å². The van der Waals surface area contributed by atoms with Gasteiger partial charge < -0.3 is 4.90 Å². The van der Waals surface area contributed by atoms with E-state index in [4.69, 9.17) is 7.85 Å². The van der Waals surface area contributed by atoms with Gasteiger partial charge in [0.2, 0.25) is 5.91 Å². The fourth-order valence-electron chi connectivity index (χ4n) is 0.372. The van der Waals surface area contributed by atoms with E-state index in [0.717, 1.165) is 0 Å². The van der Waals surface area contributed by atoms with Crippen molar-refractivity contribution in [1.82, 2.24) is 4.90 Å². The minimum absolute atomic E-state index is 0.0903. The number of hydrogen-bond acceptors (Lipinski definition) is 1. The number of hydrogen-bond donors (Lipinski definition) is 0. The van der Waals surface area contributed by atoms with Gasteiger partial charge in [-0.25, -0.2) is 0 Å². The van der Waals surface area contributed by atoms with E-state index >= 15 is 0 Å². The van der Waals surface area contributed by atoms with Crippen LogP contribution in [0, 0.1) is 0 Å². The predicted octanol–water partition coefficient (Wildman–Crippen LogP) is -0.0192. The maximum atomic E-state index is 10.6. The van der Waals surface area contributed by atoms with Crippen molar-refractivity contribution in [2.75, 3.05) is 13.5 Å². The van der Waals surface area contributed by atoms with Crippen molar-refractivity contribution in [3.8, 4) is 0 Å². The second-order valence-electron chi connectivity index (χ2n) is 1.63. The Balaban J connectivity index is 3.46. The summed E-state index contributed by atoms with van der Waals surface area (Å²) in [6.45, 7) is 1.81. The molecule has 0 rings (SSSR count). The summed E-state index contributed by atoms with van der Waals surface area (Å²) in [5, 5.41) is 0. The topological polar surface area (TPSA) is 20.3 Å². The first-order chi connectivity index (χ1) is 3.72. The molecule has 0 aliphatic rings.